The number of aryl methyl sites for hydroxylation is 2. The summed E-state index contributed by atoms with van der Waals surface area (Å²) in [5, 5.41) is 0. The largest absolute Gasteiger partial charge is 0.383 e. The van der Waals surface area contributed by atoms with E-state index < -0.39 is 0 Å². The molecule has 18 heavy (non-hydrogen) atoms. The van der Waals surface area contributed by atoms with Crippen LogP contribution >= 0.6 is 11.8 Å². The van der Waals surface area contributed by atoms with Crippen LogP contribution in [0.5, 0.6) is 0 Å². The maximum atomic E-state index is 6.02. The zero-order valence-electron chi connectivity index (χ0n) is 10.5. The molecule has 2 N–H and O–H groups in total. The minimum Gasteiger partial charge on any atom is -0.383 e. The number of benzene rings is 1. The number of nitrogen functional groups attached to an aromatic ring is 1. The molecule has 0 radical (unpaired) electrons. The van der Waals surface area contributed by atoms with Crippen LogP contribution in [0.1, 0.15) is 22.4 Å². The van der Waals surface area contributed by atoms with E-state index in [-0.39, 0.29) is 0 Å². The van der Waals surface area contributed by atoms with E-state index in [4.69, 9.17) is 5.73 Å². The predicted octanol–water partition coefficient (Wildman–Crippen LogP) is 3.09. The van der Waals surface area contributed by atoms with Gasteiger partial charge in [-0.1, -0.05) is 17.2 Å². The molecule has 3 rings (SSSR count). The molecule has 0 saturated carbocycles. The number of aromatic nitrogens is 2. The third kappa shape index (κ3) is 1.97. The Morgan fingerprint density at radius 2 is 1.78 bits per heavy atom. The van der Waals surface area contributed by atoms with Gasteiger partial charge in [-0.25, -0.2) is 9.97 Å². The van der Waals surface area contributed by atoms with Crippen LogP contribution in [0.15, 0.2) is 18.2 Å². The van der Waals surface area contributed by atoms with Gasteiger partial charge in [0.1, 0.15) is 5.82 Å². The average molecular weight is 257 g/mol. The minimum atomic E-state index is 0.638. The second-order valence-corrected chi connectivity index (χ2v) is 5.71. The fourth-order valence-electron chi connectivity index (χ4n) is 2.31. The van der Waals surface area contributed by atoms with Crippen LogP contribution in [0.2, 0.25) is 0 Å². The van der Waals surface area contributed by atoms with Crippen molar-refractivity contribution in [3.8, 4) is 11.4 Å². The van der Waals surface area contributed by atoms with Gasteiger partial charge >= 0.3 is 0 Å². The lowest BCUT2D eigenvalue weighted by Crippen LogP contribution is -2.03. The summed E-state index contributed by atoms with van der Waals surface area (Å²) in [7, 11) is 0. The maximum Gasteiger partial charge on any atom is 0.161 e. The predicted molar refractivity (Wildman–Crippen MR) is 76.4 cm³/mol. The molecule has 0 bridgehead atoms. The molecule has 0 amide bonds. The van der Waals surface area contributed by atoms with Crippen LogP contribution < -0.4 is 5.73 Å². The number of nitrogens with zero attached hydrogens (tertiary/aromatic N) is 2. The molecular weight excluding hydrogens is 242 g/mol. The Morgan fingerprint density at radius 1 is 1.06 bits per heavy atom. The summed E-state index contributed by atoms with van der Waals surface area (Å²) >= 11 is 1.84. The molecule has 1 aliphatic rings. The lowest BCUT2D eigenvalue weighted by molar-refractivity contribution is 1.08. The summed E-state index contributed by atoms with van der Waals surface area (Å²) < 4.78 is 0. The molecule has 0 spiro atoms. The topological polar surface area (TPSA) is 51.8 Å². The van der Waals surface area contributed by atoms with Crippen LogP contribution in [0.25, 0.3) is 11.4 Å². The molecule has 0 saturated heterocycles. The molecule has 3 nitrogen and oxygen atoms in total. The third-order valence-corrected chi connectivity index (χ3v) is 4.06. The smallest absolute Gasteiger partial charge is 0.161 e. The van der Waals surface area contributed by atoms with Gasteiger partial charge in [0.25, 0.3) is 0 Å². The van der Waals surface area contributed by atoms with Crippen molar-refractivity contribution in [3.63, 3.8) is 0 Å². The normalized spacial score (nSPS) is 13.7. The first-order valence-corrected chi connectivity index (χ1v) is 7.10. The first-order valence-electron chi connectivity index (χ1n) is 5.95. The van der Waals surface area contributed by atoms with Crippen LogP contribution in [-0.4, -0.2) is 9.97 Å². The van der Waals surface area contributed by atoms with Gasteiger partial charge in [0.05, 0.1) is 5.69 Å². The van der Waals surface area contributed by atoms with Crippen molar-refractivity contribution >= 4 is 17.6 Å². The van der Waals surface area contributed by atoms with E-state index in [1.54, 1.807) is 0 Å². The highest BCUT2D eigenvalue weighted by Crippen LogP contribution is 2.33. The quantitative estimate of drug-likeness (QED) is 0.853. The standard InChI is InChI=1S/C14H15N3S/c1-8-3-9(2)5-10(4-8)14-16-12-7-18-6-11(12)13(15)17-14/h3-5H,6-7H2,1-2H3,(H2,15,16,17). The van der Waals surface area contributed by atoms with Crippen molar-refractivity contribution in [2.24, 2.45) is 0 Å². The van der Waals surface area contributed by atoms with Crippen molar-refractivity contribution in [2.75, 3.05) is 5.73 Å². The number of rotatable bonds is 1. The van der Waals surface area contributed by atoms with Crippen molar-refractivity contribution < 1.29 is 0 Å². The molecule has 1 aliphatic heterocycles. The first kappa shape index (κ1) is 11.5. The Morgan fingerprint density at radius 3 is 2.50 bits per heavy atom. The maximum absolute atomic E-state index is 6.02. The van der Waals surface area contributed by atoms with Gasteiger partial charge < -0.3 is 5.73 Å². The summed E-state index contributed by atoms with van der Waals surface area (Å²) in [6, 6.07) is 6.36. The first-order chi connectivity index (χ1) is 8.63. The molecular formula is C14H15N3S. The number of hydrogen-bond acceptors (Lipinski definition) is 4. The van der Waals surface area contributed by atoms with Crippen molar-refractivity contribution in [2.45, 2.75) is 25.4 Å². The Hall–Kier alpha value is -1.55. The highest BCUT2D eigenvalue weighted by Gasteiger charge is 2.18. The Labute approximate surface area is 111 Å². The molecule has 92 valence electrons. The molecule has 0 atom stereocenters. The van der Waals surface area contributed by atoms with Gasteiger partial charge in [-0.15, -0.1) is 0 Å². The van der Waals surface area contributed by atoms with Crippen molar-refractivity contribution in [1.82, 2.24) is 9.97 Å². The van der Waals surface area contributed by atoms with Crippen molar-refractivity contribution in [3.05, 3.63) is 40.6 Å². The van der Waals surface area contributed by atoms with Crippen LogP contribution in [-0.2, 0) is 11.5 Å². The van der Waals surface area contributed by atoms with Gasteiger partial charge in [-0.3, -0.25) is 0 Å². The molecule has 2 aromatic rings. The SMILES string of the molecule is Cc1cc(C)cc(-c2nc(N)c3c(n2)CSC3)c1. The van der Waals surface area contributed by atoms with Gasteiger partial charge in [-0.2, -0.15) is 11.8 Å². The summed E-state index contributed by atoms with van der Waals surface area (Å²) in [6.07, 6.45) is 0. The van der Waals surface area contributed by atoms with Gasteiger partial charge in [-0.05, 0) is 26.0 Å². The fourth-order valence-corrected chi connectivity index (χ4v) is 3.36. The third-order valence-electron chi connectivity index (χ3n) is 3.09. The molecule has 1 aromatic carbocycles. The Balaban J connectivity index is 2.15. The second kappa shape index (κ2) is 4.28. The average Bonchev–Trinajstić information content (AvgIpc) is 2.76. The number of anilines is 1. The van der Waals surface area contributed by atoms with E-state index in [1.165, 1.54) is 11.1 Å². The summed E-state index contributed by atoms with van der Waals surface area (Å²) in [4.78, 5) is 9.11. The number of thioether (sulfide) groups is 1. The molecule has 1 aromatic heterocycles. The molecule has 0 unspecified atom stereocenters. The van der Waals surface area contributed by atoms with Crippen molar-refractivity contribution in [1.29, 1.82) is 0 Å². The summed E-state index contributed by atoms with van der Waals surface area (Å²) in [6.45, 7) is 4.17. The summed E-state index contributed by atoms with van der Waals surface area (Å²) in [5.41, 5.74) is 11.7. The zero-order valence-corrected chi connectivity index (χ0v) is 11.3. The number of fused-ring (bicyclic) bond motifs is 1. The monoisotopic (exact) mass is 257 g/mol. The lowest BCUT2D eigenvalue weighted by atomic mass is 10.1. The summed E-state index contributed by atoms with van der Waals surface area (Å²) in [5.74, 6) is 3.27. The molecule has 0 aliphatic carbocycles. The molecule has 4 heteroatoms. The van der Waals surface area contributed by atoms with Gasteiger partial charge in [0.15, 0.2) is 5.82 Å². The number of nitrogens with two attached hydrogens (primary N) is 1. The Kier molecular flexibility index (Phi) is 2.74. The highest BCUT2D eigenvalue weighted by atomic mass is 32.2. The van der Waals surface area contributed by atoms with E-state index in [0.29, 0.717) is 5.82 Å². The van der Waals surface area contributed by atoms with E-state index in [1.807, 2.05) is 11.8 Å². The van der Waals surface area contributed by atoms with E-state index in [2.05, 4.69) is 42.0 Å². The van der Waals surface area contributed by atoms with E-state index >= 15 is 0 Å². The van der Waals surface area contributed by atoms with E-state index in [0.717, 1.165) is 34.2 Å². The van der Waals surface area contributed by atoms with Crippen LogP contribution in [0.3, 0.4) is 0 Å². The minimum absolute atomic E-state index is 0.638. The highest BCUT2D eigenvalue weighted by molar-refractivity contribution is 7.98. The van der Waals surface area contributed by atoms with Gasteiger partial charge in [0, 0.05) is 22.6 Å². The van der Waals surface area contributed by atoms with Gasteiger partial charge in [0.2, 0.25) is 0 Å². The number of hydrogen-bond donors (Lipinski definition) is 1. The van der Waals surface area contributed by atoms with Crippen LogP contribution in [0, 0.1) is 13.8 Å². The van der Waals surface area contributed by atoms with Crippen LogP contribution in [0.4, 0.5) is 5.82 Å². The molecule has 2 heterocycles. The molecule has 0 fully saturated rings. The van der Waals surface area contributed by atoms with E-state index in [9.17, 15) is 0 Å². The lowest BCUT2D eigenvalue weighted by Gasteiger charge is -2.07. The zero-order chi connectivity index (χ0) is 12.7. The second-order valence-electron chi connectivity index (χ2n) is 4.73. The fraction of sp³-hybridized carbons (Fsp3) is 0.286. The Bertz CT molecular complexity index is 602.